The Bertz CT molecular complexity index is 519. The van der Waals surface area contributed by atoms with E-state index in [4.69, 9.17) is 0 Å². The number of aryl methyl sites for hydroxylation is 1. The number of carbonyl (C=O) groups is 1. The number of thiophene rings is 1. The van der Waals surface area contributed by atoms with Gasteiger partial charge in [0, 0.05) is 17.8 Å². The summed E-state index contributed by atoms with van der Waals surface area (Å²) in [5, 5.41) is 0. The molecule has 0 aromatic carbocycles. The first-order chi connectivity index (χ1) is 8.04. The van der Waals surface area contributed by atoms with Crippen LogP contribution >= 0.6 is 11.3 Å². The van der Waals surface area contributed by atoms with Crippen LogP contribution in [0, 0.1) is 0 Å². The van der Waals surface area contributed by atoms with Gasteiger partial charge in [-0.3, -0.25) is 4.79 Å². The first-order valence-electron chi connectivity index (χ1n) is 5.64. The molecule has 94 valence electrons. The van der Waals surface area contributed by atoms with Crippen molar-refractivity contribution >= 4 is 27.1 Å². The Hall–Kier alpha value is -0.720. The Balaban J connectivity index is 2.26. The number of sulfonamides is 1. The highest BCUT2D eigenvalue weighted by Gasteiger charge is 2.30. The second kappa shape index (κ2) is 4.88. The van der Waals surface area contributed by atoms with Crippen molar-refractivity contribution in [2.45, 2.75) is 30.4 Å². The molecule has 0 unspecified atom stereocenters. The summed E-state index contributed by atoms with van der Waals surface area (Å²) >= 11 is 1.29. The van der Waals surface area contributed by atoms with Crippen molar-refractivity contribution in [1.82, 2.24) is 4.31 Å². The molecule has 1 aromatic heterocycles. The van der Waals surface area contributed by atoms with Gasteiger partial charge in [-0.25, -0.2) is 8.42 Å². The largest absolute Gasteiger partial charge is 0.298 e. The zero-order valence-corrected chi connectivity index (χ0v) is 11.3. The molecule has 0 spiro atoms. The van der Waals surface area contributed by atoms with Crippen molar-refractivity contribution in [3.05, 3.63) is 17.0 Å². The fraction of sp³-hybridized carbons (Fsp3) is 0.545. The highest BCUT2D eigenvalue weighted by molar-refractivity contribution is 7.91. The average molecular weight is 273 g/mol. The second-order valence-electron chi connectivity index (χ2n) is 4.06. The van der Waals surface area contributed by atoms with Gasteiger partial charge in [0.25, 0.3) is 10.0 Å². The molecule has 1 aromatic rings. The summed E-state index contributed by atoms with van der Waals surface area (Å²) in [6, 6.07) is 3.47. The number of hydrogen-bond donors (Lipinski definition) is 0. The molecular weight excluding hydrogens is 258 g/mol. The first-order valence-corrected chi connectivity index (χ1v) is 7.90. The Morgan fingerprint density at radius 2 is 2.18 bits per heavy atom. The van der Waals surface area contributed by atoms with Crippen LogP contribution in [0.25, 0.3) is 0 Å². The van der Waals surface area contributed by atoms with Gasteiger partial charge in [-0.15, -0.1) is 11.3 Å². The Morgan fingerprint density at radius 1 is 1.41 bits per heavy atom. The fourth-order valence-corrected chi connectivity index (χ4v) is 4.74. The highest BCUT2D eigenvalue weighted by atomic mass is 32.2. The molecule has 1 saturated heterocycles. The molecule has 1 fully saturated rings. The van der Waals surface area contributed by atoms with Gasteiger partial charge >= 0.3 is 0 Å². The molecule has 0 atom stereocenters. The SMILES string of the molecule is CCc1ccc(S(=O)(=O)N2CCCC(=O)C2)s1. The Kier molecular flexibility index (Phi) is 3.65. The van der Waals surface area contributed by atoms with Crippen LogP contribution in [0.5, 0.6) is 0 Å². The van der Waals surface area contributed by atoms with Crippen molar-refractivity contribution in [3.8, 4) is 0 Å². The van der Waals surface area contributed by atoms with E-state index in [1.165, 1.54) is 15.6 Å². The molecule has 1 aliphatic rings. The topological polar surface area (TPSA) is 54.5 Å². The van der Waals surface area contributed by atoms with Gasteiger partial charge in [-0.2, -0.15) is 4.31 Å². The van der Waals surface area contributed by atoms with Crippen LogP contribution in [-0.2, 0) is 21.2 Å². The lowest BCUT2D eigenvalue weighted by Gasteiger charge is -2.24. The summed E-state index contributed by atoms with van der Waals surface area (Å²) in [5.41, 5.74) is 0. The van der Waals surface area contributed by atoms with Crippen LogP contribution in [0.3, 0.4) is 0 Å². The number of nitrogens with zero attached hydrogens (tertiary/aromatic N) is 1. The minimum atomic E-state index is -3.45. The van der Waals surface area contributed by atoms with Gasteiger partial charge in [-0.05, 0) is 25.0 Å². The summed E-state index contributed by atoms with van der Waals surface area (Å²) in [6.07, 6.45) is 1.96. The molecule has 0 aliphatic carbocycles. The molecule has 1 aliphatic heterocycles. The quantitative estimate of drug-likeness (QED) is 0.841. The molecule has 0 saturated carbocycles. The van der Waals surface area contributed by atoms with Gasteiger partial charge < -0.3 is 0 Å². The van der Waals surface area contributed by atoms with E-state index in [2.05, 4.69) is 0 Å². The van der Waals surface area contributed by atoms with Crippen molar-refractivity contribution in [2.24, 2.45) is 0 Å². The van der Waals surface area contributed by atoms with E-state index in [9.17, 15) is 13.2 Å². The van der Waals surface area contributed by atoms with E-state index >= 15 is 0 Å². The lowest BCUT2D eigenvalue weighted by molar-refractivity contribution is -0.120. The summed E-state index contributed by atoms with van der Waals surface area (Å²) in [5.74, 6) is 0.00657. The summed E-state index contributed by atoms with van der Waals surface area (Å²) < 4.78 is 26.1. The third-order valence-corrected chi connectivity index (χ3v) is 6.34. The number of rotatable bonds is 3. The fourth-order valence-electron chi connectivity index (χ4n) is 1.83. The average Bonchev–Trinajstić information content (AvgIpc) is 2.78. The van der Waals surface area contributed by atoms with Gasteiger partial charge in [0.05, 0.1) is 6.54 Å². The van der Waals surface area contributed by atoms with Crippen molar-refractivity contribution in [3.63, 3.8) is 0 Å². The first kappa shape index (κ1) is 12.7. The lowest BCUT2D eigenvalue weighted by Crippen LogP contribution is -2.39. The van der Waals surface area contributed by atoms with Crippen molar-refractivity contribution in [1.29, 1.82) is 0 Å². The summed E-state index contributed by atoms with van der Waals surface area (Å²) in [7, 11) is -3.45. The normalized spacial score (nSPS) is 18.5. The minimum absolute atomic E-state index is 0.00657. The number of carbonyl (C=O) groups excluding carboxylic acids is 1. The molecule has 2 heterocycles. The molecule has 0 amide bonds. The van der Waals surface area contributed by atoms with Crippen LogP contribution in [-0.4, -0.2) is 31.6 Å². The maximum Gasteiger partial charge on any atom is 0.252 e. The smallest absolute Gasteiger partial charge is 0.252 e. The minimum Gasteiger partial charge on any atom is -0.298 e. The van der Waals surface area contributed by atoms with Crippen LogP contribution in [0.2, 0.25) is 0 Å². The van der Waals surface area contributed by atoms with Gasteiger partial charge in [0.1, 0.15) is 9.99 Å². The summed E-state index contributed by atoms with van der Waals surface area (Å²) in [4.78, 5) is 12.4. The van der Waals surface area contributed by atoms with Crippen LogP contribution in [0.15, 0.2) is 16.3 Å². The van der Waals surface area contributed by atoms with Crippen LogP contribution < -0.4 is 0 Å². The number of Topliss-reactive ketones (excluding diaryl/α,β-unsaturated/α-hetero) is 1. The molecular formula is C11H15NO3S2. The van der Waals surface area contributed by atoms with E-state index in [0.717, 1.165) is 11.3 Å². The van der Waals surface area contributed by atoms with Gasteiger partial charge in [-0.1, -0.05) is 6.92 Å². The molecule has 6 heteroatoms. The van der Waals surface area contributed by atoms with E-state index in [0.29, 0.717) is 23.6 Å². The summed E-state index contributed by atoms with van der Waals surface area (Å²) in [6.45, 7) is 2.47. The van der Waals surface area contributed by atoms with Gasteiger partial charge in [0.15, 0.2) is 0 Å². The highest BCUT2D eigenvalue weighted by Crippen LogP contribution is 2.26. The van der Waals surface area contributed by atoms with Crippen LogP contribution in [0.1, 0.15) is 24.6 Å². The number of ketones is 1. The third-order valence-electron chi connectivity index (χ3n) is 2.80. The zero-order valence-electron chi connectivity index (χ0n) is 9.68. The van der Waals surface area contributed by atoms with E-state index in [-0.39, 0.29) is 12.3 Å². The maximum atomic E-state index is 12.2. The molecule has 0 radical (unpaired) electrons. The third kappa shape index (κ3) is 2.59. The van der Waals surface area contributed by atoms with E-state index < -0.39 is 10.0 Å². The number of hydrogen-bond acceptors (Lipinski definition) is 4. The van der Waals surface area contributed by atoms with E-state index in [1.807, 2.05) is 13.0 Å². The molecule has 4 nitrogen and oxygen atoms in total. The standard InChI is InChI=1S/C11H15NO3S2/c1-2-10-5-6-11(16-10)17(14,15)12-7-3-4-9(13)8-12/h5-6H,2-4,7-8H2,1H3. The second-order valence-corrected chi connectivity index (χ2v) is 7.39. The predicted molar refractivity (Wildman–Crippen MR) is 66.7 cm³/mol. The number of piperidine rings is 1. The van der Waals surface area contributed by atoms with E-state index in [1.54, 1.807) is 6.07 Å². The molecule has 2 rings (SSSR count). The Labute approximate surface area is 105 Å². The predicted octanol–water partition coefficient (Wildman–Crippen LogP) is 1.66. The van der Waals surface area contributed by atoms with Crippen molar-refractivity contribution < 1.29 is 13.2 Å². The zero-order chi connectivity index (χ0) is 12.5. The lowest BCUT2D eigenvalue weighted by atomic mass is 10.1. The van der Waals surface area contributed by atoms with Crippen molar-refractivity contribution in [2.75, 3.05) is 13.1 Å². The Morgan fingerprint density at radius 3 is 2.76 bits per heavy atom. The molecule has 0 N–H and O–H groups in total. The van der Waals surface area contributed by atoms with Gasteiger partial charge in [0.2, 0.25) is 0 Å². The van der Waals surface area contributed by atoms with Crippen LogP contribution in [0.4, 0.5) is 0 Å². The monoisotopic (exact) mass is 273 g/mol. The molecule has 0 bridgehead atoms. The molecule has 17 heavy (non-hydrogen) atoms. The maximum absolute atomic E-state index is 12.2.